The van der Waals surface area contributed by atoms with Crippen LogP contribution in [-0.4, -0.2) is 103 Å². The molecule has 48 heavy (non-hydrogen) atoms. The summed E-state index contributed by atoms with van der Waals surface area (Å²) >= 11 is 0. The smallest absolute Gasteiger partial charge is 0.221 e. The molecule has 1 N–H and O–H groups in total. The molecule has 1 aromatic heterocycles. The highest BCUT2D eigenvalue weighted by atomic mass is 16.5. The molecule has 2 fully saturated rings. The van der Waals surface area contributed by atoms with Crippen LogP contribution in [0.2, 0.25) is 0 Å². The Hall–Kier alpha value is -3.99. The van der Waals surface area contributed by atoms with Gasteiger partial charge in [0.25, 0.3) is 0 Å². The predicted octanol–water partition coefficient (Wildman–Crippen LogP) is 5.55. The van der Waals surface area contributed by atoms with E-state index in [9.17, 15) is 9.59 Å². The van der Waals surface area contributed by atoms with Crippen LogP contribution < -0.4 is 15.0 Å². The lowest BCUT2D eigenvalue weighted by Gasteiger charge is -2.41. The summed E-state index contributed by atoms with van der Waals surface area (Å²) in [6, 6.07) is 13.7. The second-order valence-corrected chi connectivity index (χ2v) is 13.1. The summed E-state index contributed by atoms with van der Waals surface area (Å²) in [6.45, 7) is 12.2. The second-order valence-electron chi connectivity index (χ2n) is 13.1. The number of rotatable bonds is 13. The van der Waals surface area contributed by atoms with E-state index < -0.39 is 5.54 Å². The summed E-state index contributed by atoms with van der Waals surface area (Å²) < 4.78 is 13.7. The van der Waals surface area contributed by atoms with Crippen LogP contribution >= 0.6 is 0 Å². The van der Waals surface area contributed by atoms with Crippen molar-refractivity contribution < 1.29 is 19.1 Å². The number of carbonyl (C=O) groups excluding carboxylic acids is 2. The zero-order valence-corrected chi connectivity index (χ0v) is 28.7. The third kappa shape index (κ3) is 7.36. The molecule has 1 amide bonds. The third-order valence-electron chi connectivity index (χ3n) is 9.95. The molecule has 0 spiro atoms. The van der Waals surface area contributed by atoms with Gasteiger partial charge in [0, 0.05) is 51.9 Å². The van der Waals surface area contributed by atoms with Gasteiger partial charge >= 0.3 is 0 Å². The molecule has 3 aliphatic rings. The molecule has 2 aliphatic heterocycles. The van der Waals surface area contributed by atoms with Crippen LogP contribution in [0.25, 0.3) is 11.0 Å². The molecule has 0 saturated carbocycles. The number of allylic oxidation sites excluding steroid dienone is 2. The number of anilines is 2. The first-order valence-electron chi connectivity index (χ1n) is 17.5. The zero-order chi connectivity index (χ0) is 33.5. The number of fused-ring (bicyclic) bond motifs is 1. The second kappa shape index (κ2) is 15.5. The van der Waals surface area contributed by atoms with E-state index in [1.54, 1.807) is 25.3 Å². The highest BCUT2D eigenvalue weighted by Crippen LogP contribution is 2.39. The van der Waals surface area contributed by atoms with Crippen LogP contribution in [0.1, 0.15) is 56.3 Å². The van der Waals surface area contributed by atoms with Crippen LogP contribution in [0.4, 0.5) is 11.6 Å². The summed E-state index contributed by atoms with van der Waals surface area (Å²) in [5.74, 6) is 1.41. The lowest BCUT2D eigenvalue weighted by atomic mass is 9.78. The number of ether oxygens (including phenoxy) is 2. The van der Waals surface area contributed by atoms with Gasteiger partial charge in [0.2, 0.25) is 11.9 Å². The van der Waals surface area contributed by atoms with Crippen molar-refractivity contribution in [3.8, 4) is 5.75 Å². The van der Waals surface area contributed by atoms with Gasteiger partial charge < -0.3 is 29.2 Å². The normalized spacial score (nSPS) is 20.6. The lowest BCUT2D eigenvalue weighted by molar-refractivity contribution is -0.114. The number of hydrogen-bond acceptors (Lipinski definition) is 8. The van der Waals surface area contributed by atoms with E-state index in [1.165, 1.54) is 12.5 Å². The minimum absolute atomic E-state index is 0.0212. The Morgan fingerprint density at radius 1 is 0.979 bits per heavy atom. The molecule has 3 heterocycles. The Balaban J connectivity index is 1.15. The van der Waals surface area contributed by atoms with Crippen LogP contribution in [0.15, 0.2) is 66.3 Å². The van der Waals surface area contributed by atoms with Crippen LogP contribution in [0, 0.1) is 0 Å². The molecule has 1 unspecified atom stereocenters. The molecular formula is C38H50N6O4. The number of imidazole rings is 1. The van der Waals surface area contributed by atoms with Crippen molar-refractivity contribution in [3.05, 3.63) is 71.8 Å². The van der Waals surface area contributed by atoms with Gasteiger partial charge in [0.1, 0.15) is 11.3 Å². The van der Waals surface area contributed by atoms with E-state index >= 15 is 0 Å². The fourth-order valence-electron chi connectivity index (χ4n) is 7.53. The van der Waals surface area contributed by atoms with E-state index in [0.717, 1.165) is 95.0 Å². The number of amides is 1. The quantitative estimate of drug-likeness (QED) is 0.190. The Labute approximate surface area is 284 Å². The van der Waals surface area contributed by atoms with Gasteiger partial charge in [-0.15, -0.1) is 0 Å². The number of Topliss-reactive ketones (excluding diaryl/α,β-unsaturated/α-hetero) is 1. The minimum Gasteiger partial charge on any atom is -0.496 e. The topological polar surface area (TPSA) is 92.2 Å². The number of benzene rings is 2. The molecule has 10 heteroatoms. The number of nitrogens with one attached hydrogen (secondary N) is 1. The van der Waals surface area contributed by atoms with Gasteiger partial charge in [-0.3, -0.25) is 14.5 Å². The number of ketones is 1. The molecule has 10 nitrogen and oxygen atoms in total. The fraction of sp³-hybridized carbons (Fsp3) is 0.500. The summed E-state index contributed by atoms with van der Waals surface area (Å²) in [6.07, 6.45) is 11.2. The number of carbonyl (C=O) groups is 2. The maximum absolute atomic E-state index is 14.6. The van der Waals surface area contributed by atoms with Crippen LogP contribution in [0.3, 0.4) is 0 Å². The zero-order valence-electron chi connectivity index (χ0n) is 28.7. The van der Waals surface area contributed by atoms with E-state index in [0.29, 0.717) is 36.6 Å². The van der Waals surface area contributed by atoms with Gasteiger partial charge in [0.05, 0.1) is 30.3 Å². The summed E-state index contributed by atoms with van der Waals surface area (Å²) in [7, 11) is 1.59. The summed E-state index contributed by atoms with van der Waals surface area (Å²) in [5.41, 5.74) is 3.78. The Morgan fingerprint density at radius 3 is 2.60 bits per heavy atom. The Bertz CT molecular complexity index is 1660. The number of aromatic nitrogens is 2. The van der Waals surface area contributed by atoms with Crippen molar-refractivity contribution in [2.24, 2.45) is 0 Å². The summed E-state index contributed by atoms with van der Waals surface area (Å²) in [4.78, 5) is 38.8. The predicted molar refractivity (Wildman–Crippen MR) is 191 cm³/mol. The minimum atomic E-state index is -0.779. The molecule has 3 aromatic rings. The molecule has 256 valence electrons. The van der Waals surface area contributed by atoms with E-state index in [-0.39, 0.29) is 11.7 Å². The van der Waals surface area contributed by atoms with Crippen molar-refractivity contribution >= 4 is 34.4 Å². The van der Waals surface area contributed by atoms with Crippen molar-refractivity contribution in [3.63, 3.8) is 0 Å². The number of hydrogen-bond donors (Lipinski definition) is 1. The first-order valence-corrected chi connectivity index (χ1v) is 17.5. The first-order chi connectivity index (χ1) is 23.4. The monoisotopic (exact) mass is 654 g/mol. The molecular weight excluding hydrogens is 604 g/mol. The van der Waals surface area contributed by atoms with E-state index in [2.05, 4.69) is 67.1 Å². The largest absolute Gasteiger partial charge is 0.496 e. The van der Waals surface area contributed by atoms with Crippen molar-refractivity contribution in [2.75, 3.05) is 76.4 Å². The van der Waals surface area contributed by atoms with Crippen molar-refractivity contribution in [2.45, 2.75) is 58.0 Å². The highest BCUT2D eigenvalue weighted by Gasteiger charge is 2.45. The Kier molecular flexibility index (Phi) is 10.9. The molecule has 1 aliphatic carbocycles. The molecule has 2 aromatic carbocycles. The molecule has 0 bridgehead atoms. The fourth-order valence-corrected chi connectivity index (χ4v) is 7.53. The maximum Gasteiger partial charge on any atom is 0.221 e. The first kappa shape index (κ1) is 33.9. The number of para-hydroxylation sites is 2. The van der Waals surface area contributed by atoms with Gasteiger partial charge in [-0.05, 0) is 89.0 Å². The Morgan fingerprint density at radius 2 is 1.81 bits per heavy atom. The number of nitrogens with zero attached hydrogens (tertiary/aromatic N) is 5. The van der Waals surface area contributed by atoms with Crippen LogP contribution in [0.5, 0.6) is 5.75 Å². The molecule has 6 rings (SSSR count). The van der Waals surface area contributed by atoms with Gasteiger partial charge in [-0.1, -0.05) is 35.9 Å². The van der Waals surface area contributed by atoms with Crippen LogP contribution in [-0.2, 0) is 16.1 Å². The average Bonchev–Trinajstić information content (AvgIpc) is 3.71. The van der Waals surface area contributed by atoms with E-state index in [1.807, 2.05) is 6.92 Å². The lowest BCUT2D eigenvalue weighted by Crippen LogP contribution is -2.53. The van der Waals surface area contributed by atoms with Crippen molar-refractivity contribution in [1.82, 2.24) is 19.4 Å². The van der Waals surface area contributed by atoms with Crippen molar-refractivity contribution in [1.29, 1.82) is 0 Å². The summed E-state index contributed by atoms with van der Waals surface area (Å²) in [5, 5.41) is 2.83. The van der Waals surface area contributed by atoms with E-state index in [4.69, 9.17) is 14.5 Å². The molecule has 1 atom stereocenters. The van der Waals surface area contributed by atoms with Gasteiger partial charge in [-0.25, -0.2) is 4.98 Å². The number of likely N-dealkylation sites (tertiary alicyclic amines) is 1. The molecule has 2 saturated heterocycles. The average molecular weight is 655 g/mol. The van der Waals surface area contributed by atoms with Gasteiger partial charge in [0.15, 0.2) is 5.78 Å². The molecule has 0 radical (unpaired) electrons. The highest BCUT2D eigenvalue weighted by molar-refractivity contribution is 6.08. The SMILES string of the molecule is CCOCCn1c(N2CCCN(CCC3=CC=CC(C(=O)c4cc(NC(C)=O)ccc4OC)(N4CCCC4)C3)CC2)nc2ccccc21. The standard InChI is InChI=1S/C38H50N6O4/c1-4-48-26-25-44-34-13-6-5-12-33(34)40-37(44)42-19-10-18-41(23-24-42)22-16-30-11-9-17-38(28-30,43-20-7-8-21-43)36(46)32-27-31(39-29(2)45)14-15-35(32)47-3/h5-6,9,11-15,17,27H,4,7-8,10,16,18-26,28H2,1-3H3,(H,39,45). The maximum atomic E-state index is 14.6. The number of methoxy groups -OCH3 is 1. The van der Waals surface area contributed by atoms with Gasteiger partial charge in [-0.2, -0.15) is 0 Å². The third-order valence-corrected chi connectivity index (χ3v) is 9.95.